The molecule has 0 radical (unpaired) electrons. The van der Waals surface area contributed by atoms with Crippen molar-refractivity contribution in [3.05, 3.63) is 598 Å². The van der Waals surface area contributed by atoms with Crippen LogP contribution in [0, 0.1) is 0 Å². The number of hydrogen-bond acceptors (Lipinski definition) is 4. The van der Waals surface area contributed by atoms with E-state index in [1.165, 1.54) is 122 Å². The Kier molecular flexibility index (Phi) is 23.5. The molecule has 0 bridgehead atoms. The monoisotopic (exact) mass is 1920 g/mol. The average Bonchev–Trinajstić information content (AvgIpc) is 1.52. The molecule has 3 aliphatic carbocycles. The maximum Gasteiger partial charge on any atom is 0.0726 e. The van der Waals surface area contributed by atoms with Crippen LogP contribution in [0.25, 0.3) is 77.9 Å². The maximum absolute atomic E-state index is 3.79. The van der Waals surface area contributed by atoms with E-state index in [1.807, 2.05) is 24.3 Å². The van der Waals surface area contributed by atoms with E-state index in [4.69, 9.17) is 0 Å². The van der Waals surface area contributed by atoms with Gasteiger partial charge in [0.25, 0.3) is 0 Å². The van der Waals surface area contributed by atoms with Gasteiger partial charge < -0.3 is 19.6 Å². The van der Waals surface area contributed by atoms with Crippen LogP contribution in [0.3, 0.4) is 0 Å². The van der Waals surface area contributed by atoms with E-state index in [-0.39, 0.29) is 0 Å². The third-order valence-electron chi connectivity index (χ3n) is 26.4. The van der Waals surface area contributed by atoms with Crippen LogP contribution in [-0.4, -0.2) is 0 Å². The molecule has 4 nitrogen and oxygen atoms in total. The predicted octanol–water partition coefficient (Wildman–Crippen LogP) is 36.6. The maximum atomic E-state index is 3.79. The minimum Gasteiger partial charge on any atom is -0.310 e. The lowest BCUT2D eigenvalue weighted by Crippen LogP contribution is -2.28. The lowest BCUT2D eigenvalue weighted by atomic mass is 9.67. The normalized spacial score (nSPS) is 12.2. The standard InChI is InChI=1S/C49H32BrN.C49H34BrN.C30H23BrN2/c50-37-14-10-13-36(31-37)35-23-27-39(28-24-35)51(38-25-21-34(22-26-38)33-11-2-1-3-12-33)40-29-30-44-43-17-6-9-20-47(43)49(48(44)32-40)45-18-7-4-15-41(45)42-16-5-8-19-46(42)49;50-41-20-12-15-38(33-41)37-25-29-43(30-26-37)51(42-27-23-36(24-28-42)35-13-4-1-5-14-35)44-31-32-46-45-21-10-11-22-47(45)49(48(46)34-44,39-16-6-2-7-17-39)40-18-8-3-9-19-40;31-24-21-29(32(25-13-5-1-6-14-25)26-15-7-2-8-16-26)23-30(22-24)33(27-17-9-3-10-18-27)28-19-11-4-12-20-28/h1-32H;1-34H;1-23H. The lowest BCUT2D eigenvalue weighted by Gasteiger charge is -2.35. The molecule has 0 heterocycles. The van der Waals surface area contributed by atoms with Crippen molar-refractivity contribution < 1.29 is 0 Å². The molecule has 0 atom stereocenters. The van der Waals surface area contributed by atoms with Crippen LogP contribution in [0.5, 0.6) is 0 Å². The quantitative estimate of drug-likeness (QED) is 0.0849. The van der Waals surface area contributed by atoms with Crippen LogP contribution in [0.15, 0.2) is 553 Å². The third kappa shape index (κ3) is 16.2. The zero-order valence-corrected chi connectivity index (χ0v) is 78.6. The Morgan fingerprint density at radius 1 is 0.126 bits per heavy atom. The molecule has 0 fully saturated rings. The van der Waals surface area contributed by atoms with Crippen molar-refractivity contribution in [3.63, 3.8) is 0 Å². The molecule has 642 valence electrons. The Bertz CT molecular complexity index is 7230. The Hall–Kier alpha value is -15.7. The fraction of sp³-hybridized carbons (Fsp3) is 0.0156. The van der Waals surface area contributed by atoms with Gasteiger partial charge in [-0.2, -0.15) is 0 Å². The van der Waals surface area contributed by atoms with Gasteiger partial charge in [0.05, 0.1) is 10.8 Å². The van der Waals surface area contributed by atoms with Gasteiger partial charge >= 0.3 is 0 Å². The molecule has 0 aromatic heterocycles. The molecule has 0 amide bonds. The van der Waals surface area contributed by atoms with Gasteiger partial charge in [-0.1, -0.05) is 424 Å². The molecule has 7 heteroatoms. The first kappa shape index (κ1) is 84.8. The number of para-hydroxylation sites is 4. The molecule has 24 rings (SSSR count). The minimum absolute atomic E-state index is 0.400. The Labute approximate surface area is 815 Å². The van der Waals surface area contributed by atoms with Crippen LogP contribution < -0.4 is 19.6 Å². The number of benzene rings is 21. The highest BCUT2D eigenvalue weighted by molar-refractivity contribution is 9.11. The molecular formula is C128H89Br3N4. The molecule has 0 N–H and O–H groups in total. The first-order valence-electron chi connectivity index (χ1n) is 45.7. The average molecular weight is 1920 g/mol. The summed E-state index contributed by atoms with van der Waals surface area (Å²) < 4.78 is 3.17. The SMILES string of the molecule is Brc1cc(N(c2ccccc2)c2ccccc2)cc(N(c2ccccc2)c2ccccc2)c1.Brc1cccc(-c2ccc(N(c3ccc(-c4ccccc4)cc3)c3ccc4c(c3)C(c3ccccc3)(c3ccccc3)c3ccccc3-4)cc2)c1.Brc1cccc(-c2ccc(N(c3ccc(-c4ccccc4)cc3)c3ccc4c(c3)C3(c5ccccc5-c5ccccc53)c3ccccc3-4)cc2)c1. The second-order valence-corrected chi connectivity index (χ2v) is 36.9. The van der Waals surface area contributed by atoms with Crippen LogP contribution in [0.4, 0.5) is 68.2 Å². The largest absolute Gasteiger partial charge is 0.310 e. The van der Waals surface area contributed by atoms with E-state index >= 15 is 0 Å². The van der Waals surface area contributed by atoms with Gasteiger partial charge in [0.1, 0.15) is 0 Å². The second kappa shape index (κ2) is 37.5. The fourth-order valence-electron chi connectivity index (χ4n) is 20.5. The van der Waals surface area contributed by atoms with Gasteiger partial charge in [0, 0.05) is 81.7 Å². The topological polar surface area (TPSA) is 13.0 Å². The van der Waals surface area contributed by atoms with Crippen molar-refractivity contribution in [2.45, 2.75) is 10.8 Å². The Morgan fingerprint density at radius 3 is 0.659 bits per heavy atom. The first-order valence-corrected chi connectivity index (χ1v) is 48.1. The summed E-state index contributed by atoms with van der Waals surface area (Å²) in [7, 11) is 0. The van der Waals surface area contributed by atoms with Gasteiger partial charge in [0.2, 0.25) is 0 Å². The molecule has 0 aliphatic heterocycles. The number of anilines is 12. The molecule has 135 heavy (non-hydrogen) atoms. The minimum atomic E-state index is -0.474. The highest BCUT2D eigenvalue weighted by Crippen LogP contribution is 2.64. The van der Waals surface area contributed by atoms with E-state index in [0.717, 1.165) is 81.7 Å². The van der Waals surface area contributed by atoms with Crippen molar-refractivity contribution in [1.29, 1.82) is 0 Å². The number of fused-ring (bicyclic) bond motifs is 13. The van der Waals surface area contributed by atoms with Crippen molar-refractivity contribution in [2.24, 2.45) is 0 Å². The first-order chi connectivity index (χ1) is 66.7. The van der Waals surface area contributed by atoms with Gasteiger partial charge in [-0.25, -0.2) is 0 Å². The zero-order chi connectivity index (χ0) is 90.6. The fourth-order valence-corrected chi connectivity index (χ4v) is 21.8. The summed E-state index contributed by atoms with van der Waals surface area (Å²) in [6.45, 7) is 0. The molecule has 0 saturated heterocycles. The summed E-state index contributed by atoms with van der Waals surface area (Å²) in [5.41, 5.74) is 40.2. The van der Waals surface area contributed by atoms with E-state index in [9.17, 15) is 0 Å². The summed E-state index contributed by atoms with van der Waals surface area (Å²) in [5, 5.41) is 0. The molecule has 21 aromatic rings. The van der Waals surface area contributed by atoms with Gasteiger partial charge in [-0.15, -0.1) is 0 Å². The lowest BCUT2D eigenvalue weighted by molar-refractivity contribution is 0.768. The third-order valence-corrected chi connectivity index (χ3v) is 27.9. The van der Waals surface area contributed by atoms with E-state index in [0.29, 0.717) is 0 Å². The number of hydrogen-bond donors (Lipinski definition) is 0. The second-order valence-electron chi connectivity index (χ2n) is 34.2. The van der Waals surface area contributed by atoms with Gasteiger partial charge in [-0.05, 0) is 286 Å². The van der Waals surface area contributed by atoms with Crippen LogP contribution in [-0.2, 0) is 10.8 Å². The van der Waals surface area contributed by atoms with E-state index < -0.39 is 10.8 Å². The number of rotatable bonds is 18. The smallest absolute Gasteiger partial charge is 0.0726 e. The summed E-state index contributed by atoms with van der Waals surface area (Å²) in [6, 6.07) is 195. The number of halogens is 3. The van der Waals surface area contributed by atoms with Crippen molar-refractivity contribution in [1.82, 2.24) is 0 Å². The van der Waals surface area contributed by atoms with Crippen LogP contribution in [0.2, 0.25) is 0 Å². The van der Waals surface area contributed by atoms with Gasteiger partial charge in [-0.3, -0.25) is 0 Å². The highest BCUT2D eigenvalue weighted by Gasteiger charge is 2.52. The highest BCUT2D eigenvalue weighted by atomic mass is 79.9. The van der Waals surface area contributed by atoms with Crippen LogP contribution in [0.1, 0.15) is 44.5 Å². The molecule has 3 aliphatic rings. The zero-order valence-electron chi connectivity index (χ0n) is 73.8. The van der Waals surface area contributed by atoms with Crippen molar-refractivity contribution in [2.75, 3.05) is 19.6 Å². The Balaban J connectivity index is 0.000000121. The number of nitrogens with zero attached hydrogens (tertiary/aromatic N) is 4. The molecule has 0 saturated carbocycles. The molecular weight excluding hydrogens is 1830 g/mol. The summed E-state index contributed by atoms with van der Waals surface area (Å²) >= 11 is 11.1. The van der Waals surface area contributed by atoms with E-state index in [2.05, 4.69) is 583 Å². The molecule has 21 aromatic carbocycles. The summed E-state index contributed by atoms with van der Waals surface area (Å²) in [5.74, 6) is 0. The van der Waals surface area contributed by atoms with Crippen LogP contribution >= 0.6 is 47.8 Å². The molecule has 0 unspecified atom stereocenters. The van der Waals surface area contributed by atoms with Crippen molar-refractivity contribution >= 4 is 116 Å². The molecule has 1 spiro atoms. The Morgan fingerprint density at radius 2 is 0.348 bits per heavy atom. The van der Waals surface area contributed by atoms with Gasteiger partial charge in [0.15, 0.2) is 0 Å². The van der Waals surface area contributed by atoms with Crippen molar-refractivity contribution in [3.8, 4) is 77.9 Å². The summed E-state index contributed by atoms with van der Waals surface area (Å²) in [4.78, 5) is 9.36. The van der Waals surface area contributed by atoms with E-state index in [1.54, 1.807) is 0 Å². The summed E-state index contributed by atoms with van der Waals surface area (Å²) in [6.07, 6.45) is 0. The predicted molar refractivity (Wildman–Crippen MR) is 577 cm³/mol.